The molecule has 5 rings (SSSR count). The number of para-hydroxylation sites is 1. The van der Waals surface area contributed by atoms with E-state index in [4.69, 9.17) is 37.6 Å². The van der Waals surface area contributed by atoms with Gasteiger partial charge in [0.2, 0.25) is 0 Å². The van der Waals surface area contributed by atoms with Gasteiger partial charge < -0.3 is 14.4 Å². The molecule has 1 aliphatic rings. The second kappa shape index (κ2) is 9.72. The number of halogens is 3. The molecule has 0 radical (unpaired) electrons. The number of carbonyl (C=O) groups is 1. The molecule has 0 saturated heterocycles. The summed E-state index contributed by atoms with van der Waals surface area (Å²) in [6, 6.07) is 16.8. The van der Waals surface area contributed by atoms with Gasteiger partial charge in [0.25, 0.3) is 0 Å². The van der Waals surface area contributed by atoms with E-state index in [0.29, 0.717) is 43.7 Å². The lowest BCUT2D eigenvalue weighted by Crippen LogP contribution is -2.02. The Morgan fingerprint density at radius 2 is 1.80 bits per heavy atom. The van der Waals surface area contributed by atoms with Crippen molar-refractivity contribution in [3.8, 4) is 28.1 Å². The molecule has 1 fully saturated rings. The highest BCUT2D eigenvalue weighted by atomic mass is 35.5. The van der Waals surface area contributed by atoms with Crippen molar-refractivity contribution in [2.45, 2.75) is 31.8 Å². The molecule has 0 aliphatic heterocycles. The number of nitrogens with zero attached hydrogens (tertiary/aromatic N) is 1. The molecular weight excluding hydrogens is 492 g/mol. The lowest BCUT2D eigenvalue weighted by Gasteiger charge is -2.14. The van der Waals surface area contributed by atoms with Crippen molar-refractivity contribution < 1.29 is 23.6 Å². The first kappa shape index (κ1) is 23.4. The van der Waals surface area contributed by atoms with Crippen LogP contribution in [0.5, 0.6) is 5.75 Å². The van der Waals surface area contributed by atoms with Gasteiger partial charge in [0.1, 0.15) is 29.6 Å². The van der Waals surface area contributed by atoms with E-state index in [-0.39, 0.29) is 18.9 Å². The molecule has 0 bridgehead atoms. The van der Waals surface area contributed by atoms with Crippen LogP contribution in [0.4, 0.5) is 4.39 Å². The monoisotopic (exact) mass is 511 g/mol. The van der Waals surface area contributed by atoms with Crippen molar-refractivity contribution in [1.29, 1.82) is 0 Å². The summed E-state index contributed by atoms with van der Waals surface area (Å²) in [4.78, 5) is 11.0. The number of aliphatic carboxylic acids is 1. The highest BCUT2D eigenvalue weighted by Crippen LogP contribution is 2.46. The van der Waals surface area contributed by atoms with Gasteiger partial charge >= 0.3 is 5.97 Å². The number of rotatable bonds is 8. The van der Waals surface area contributed by atoms with Crippen LogP contribution in [0.15, 0.2) is 65.2 Å². The number of hydrogen-bond acceptors (Lipinski definition) is 4. The lowest BCUT2D eigenvalue weighted by molar-refractivity contribution is -0.136. The zero-order valence-corrected chi connectivity index (χ0v) is 19.9. The number of benzene rings is 3. The van der Waals surface area contributed by atoms with E-state index in [1.165, 1.54) is 6.07 Å². The van der Waals surface area contributed by atoms with Crippen LogP contribution in [0.2, 0.25) is 10.0 Å². The molecule has 0 atom stereocenters. The van der Waals surface area contributed by atoms with Crippen LogP contribution in [0.1, 0.15) is 35.6 Å². The van der Waals surface area contributed by atoms with E-state index in [1.807, 2.05) is 0 Å². The number of carboxylic acids is 1. The highest BCUT2D eigenvalue weighted by molar-refractivity contribution is 6.39. The SMILES string of the molecule is O=C(O)Cc1ccc(-c2ccccc2OCc2c(-c3c(Cl)cccc3Cl)noc2C2CC2)c(F)c1. The van der Waals surface area contributed by atoms with Crippen molar-refractivity contribution in [2.24, 2.45) is 0 Å². The average Bonchev–Trinajstić information content (AvgIpc) is 3.58. The summed E-state index contributed by atoms with van der Waals surface area (Å²) in [7, 11) is 0. The topological polar surface area (TPSA) is 72.6 Å². The maximum atomic E-state index is 14.9. The van der Waals surface area contributed by atoms with E-state index >= 15 is 0 Å². The van der Waals surface area contributed by atoms with Gasteiger partial charge in [0.15, 0.2) is 0 Å². The second-order valence-corrected chi connectivity index (χ2v) is 9.23. The minimum atomic E-state index is -1.02. The van der Waals surface area contributed by atoms with Crippen LogP contribution < -0.4 is 4.74 Å². The van der Waals surface area contributed by atoms with Gasteiger partial charge in [-0.05, 0) is 42.7 Å². The van der Waals surface area contributed by atoms with Crippen LogP contribution in [0.3, 0.4) is 0 Å². The molecule has 4 aromatic rings. The van der Waals surface area contributed by atoms with Crippen molar-refractivity contribution in [2.75, 3.05) is 0 Å². The van der Waals surface area contributed by atoms with Crippen molar-refractivity contribution in [1.82, 2.24) is 5.16 Å². The first-order chi connectivity index (χ1) is 16.9. The average molecular weight is 512 g/mol. The molecule has 0 spiro atoms. The minimum absolute atomic E-state index is 0.127. The molecule has 0 unspecified atom stereocenters. The highest BCUT2D eigenvalue weighted by Gasteiger charge is 2.33. The molecule has 1 saturated carbocycles. The fourth-order valence-corrected chi connectivity index (χ4v) is 4.65. The van der Waals surface area contributed by atoms with Gasteiger partial charge in [-0.25, -0.2) is 4.39 Å². The molecule has 0 amide bonds. The second-order valence-electron chi connectivity index (χ2n) is 8.41. The van der Waals surface area contributed by atoms with Gasteiger partial charge in [-0.15, -0.1) is 0 Å². The third-order valence-corrected chi connectivity index (χ3v) is 6.53. The predicted molar refractivity (Wildman–Crippen MR) is 131 cm³/mol. The first-order valence-corrected chi connectivity index (χ1v) is 11.8. The first-order valence-electron chi connectivity index (χ1n) is 11.1. The Morgan fingerprint density at radius 3 is 2.49 bits per heavy atom. The molecule has 1 N–H and O–H groups in total. The Balaban J connectivity index is 1.48. The van der Waals surface area contributed by atoms with E-state index in [2.05, 4.69) is 5.16 Å². The molecule has 3 aromatic carbocycles. The molecule has 5 nitrogen and oxygen atoms in total. The summed E-state index contributed by atoms with van der Waals surface area (Å²) in [5.41, 5.74) is 3.12. The van der Waals surface area contributed by atoms with Crippen molar-refractivity contribution in [3.63, 3.8) is 0 Å². The molecular formula is C27H20Cl2FNO4. The Morgan fingerprint density at radius 1 is 1.06 bits per heavy atom. The van der Waals surface area contributed by atoms with Crippen LogP contribution in [0, 0.1) is 5.82 Å². The Hall–Kier alpha value is -3.35. The minimum Gasteiger partial charge on any atom is -0.488 e. The molecule has 1 aromatic heterocycles. The molecule has 8 heteroatoms. The Kier molecular flexibility index (Phi) is 6.50. The number of aromatic nitrogens is 1. The zero-order valence-electron chi connectivity index (χ0n) is 18.4. The zero-order chi connectivity index (χ0) is 24.5. The van der Waals surface area contributed by atoms with Gasteiger partial charge in [0, 0.05) is 22.6 Å². The standard InChI is InChI=1S/C27H20Cl2FNO4/c28-20-5-3-6-21(29)25(20)26-19(27(35-31-26)16-9-10-16)14-34-23-7-2-1-4-18(23)17-11-8-15(12-22(17)30)13-24(32)33/h1-8,11-12,16H,9-10,13-14H2,(H,32,33). The maximum Gasteiger partial charge on any atom is 0.307 e. The summed E-state index contributed by atoms with van der Waals surface area (Å²) in [6.07, 6.45) is 1.75. The third kappa shape index (κ3) is 4.90. The fraction of sp³-hybridized carbons (Fsp3) is 0.185. The summed E-state index contributed by atoms with van der Waals surface area (Å²) in [6.45, 7) is 0.127. The van der Waals surface area contributed by atoms with E-state index in [1.54, 1.807) is 54.6 Å². The van der Waals surface area contributed by atoms with E-state index < -0.39 is 11.8 Å². The van der Waals surface area contributed by atoms with E-state index in [9.17, 15) is 9.18 Å². The molecule has 1 aliphatic carbocycles. The molecule has 1 heterocycles. The lowest BCUT2D eigenvalue weighted by atomic mass is 10.0. The van der Waals surface area contributed by atoms with Gasteiger partial charge in [-0.2, -0.15) is 0 Å². The van der Waals surface area contributed by atoms with Crippen LogP contribution in [-0.2, 0) is 17.8 Å². The van der Waals surface area contributed by atoms with Crippen molar-refractivity contribution >= 4 is 29.2 Å². The third-order valence-electron chi connectivity index (χ3n) is 5.90. The van der Waals surface area contributed by atoms with Crippen LogP contribution in [-0.4, -0.2) is 16.2 Å². The van der Waals surface area contributed by atoms with Crippen LogP contribution in [0.25, 0.3) is 22.4 Å². The maximum absolute atomic E-state index is 14.9. The smallest absolute Gasteiger partial charge is 0.307 e. The van der Waals surface area contributed by atoms with Crippen LogP contribution >= 0.6 is 23.2 Å². The summed E-state index contributed by atoms with van der Waals surface area (Å²) < 4.78 is 26.8. The number of ether oxygens (including phenoxy) is 1. The summed E-state index contributed by atoms with van der Waals surface area (Å²) in [5.74, 6) is -0.0534. The van der Waals surface area contributed by atoms with E-state index in [0.717, 1.165) is 24.2 Å². The largest absolute Gasteiger partial charge is 0.488 e. The predicted octanol–water partition coefficient (Wildman–Crippen LogP) is 7.54. The number of carboxylic acid groups (broad SMARTS) is 1. The van der Waals surface area contributed by atoms with Gasteiger partial charge in [-0.1, -0.05) is 64.8 Å². The Bertz CT molecular complexity index is 1390. The van der Waals surface area contributed by atoms with Crippen molar-refractivity contribution in [3.05, 3.63) is 93.4 Å². The fourth-order valence-electron chi connectivity index (χ4n) is 4.07. The normalized spacial score (nSPS) is 13.1. The summed E-state index contributed by atoms with van der Waals surface area (Å²) >= 11 is 12.9. The van der Waals surface area contributed by atoms with Gasteiger partial charge in [0.05, 0.1) is 22.0 Å². The molecule has 178 valence electrons. The molecule has 35 heavy (non-hydrogen) atoms. The Labute approximate surface area is 211 Å². The summed E-state index contributed by atoms with van der Waals surface area (Å²) in [5, 5.41) is 14.2. The van der Waals surface area contributed by atoms with Gasteiger partial charge in [-0.3, -0.25) is 4.79 Å². The quantitative estimate of drug-likeness (QED) is 0.264. The number of hydrogen-bond donors (Lipinski definition) is 1.